The van der Waals surface area contributed by atoms with Crippen LogP contribution in [0.25, 0.3) is 28.6 Å². The number of nitrogens with zero attached hydrogens (tertiary/aromatic N) is 1. The Labute approximate surface area is 155 Å². The van der Waals surface area contributed by atoms with E-state index in [0.29, 0.717) is 22.4 Å². The molecular formula is C22H15FN2O2. The third-order valence-corrected chi connectivity index (χ3v) is 3.99. The Bertz CT molecular complexity index is 1130. The van der Waals surface area contributed by atoms with E-state index in [1.807, 2.05) is 30.3 Å². The number of aromatic nitrogens is 1. The Hall–Kier alpha value is -3.73. The summed E-state index contributed by atoms with van der Waals surface area (Å²) >= 11 is 0. The van der Waals surface area contributed by atoms with Gasteiger partial charge in [0.1, 0.15) is 11.3 Å². The number of hydrogen-bond acceptors (Lipinski definition) is 3. The summed E-state index contributed by atoms with van der Waals surface area (Å²) in [5, 5.41) is 2.78. The molecule has 132 valence electrons. The molecule has 0 saturated heterocycles. The van der Waals surface area contributed by atoms with Crippen LogP contribution in [0.15, 0.2) is 83.3 Å². The van der Waals surface area contributed by atoms with Crippen molar-refractivity contribution in [2.75, 3.05) is 5.32 Å². The highest BCUT2D eigenvalue weighted by atomic mass is 19.1. The maximum Gasteiger partial charge on any atom is 0.248 e. The van der Waals surface area contributed by atoms with E-state index < -0.39 is 5.82 Å². The minimum absolute atomic E-state index is 0.204. The van der Waals surface area contributed by atoms with Gasteiger partial charge in [-0.15, -0.1) is 0 Å². The molecule has 1 heterocycles. The predicted molar refractivity (Wildman–Crippen MR) is 104 cm³/mol. The lowest BCUT2D eigenvalue weighted by molar-refractivity contribution is -0.111. The fraction of sp³-hybridized carbons (Fsp3) is 0. The Morgan fingerprint density at radius 3 is 2.59 bits per heavy atom. The first kappa shape index (κ1) is 16.7. The van der Waals surface area contributed by atoms with Gasteiger partial charge in [-0.1, -0.05) is 42.5 Å². The van der Waals surface area contributed by atoms with E-state index in [1.165, 1.54) is 12.1 Å². The number of oxazole rings is 1. The number of hydrogen-bond donors (Lipinski definition) is 1. The zero-order valence-electron chi connectivity index (χ0n) is 14.2. The molecule has 1 aromatic heterocycles. The molecule has 4 rings (SSSR count). The van der Waals surface area contributed by atoms with Gasteiger partial charge in [0.15, 0.2) is 5.58 Å². The quantitative estimate of drug-likeness (QED) is 0.505. The Morgan fingerprint density at radius 1 is 1.00 bits per heavy atom. The molecule has 4 aromatic rings. The van der Waals surface area contributed by atoms with Crippen molar-refractivity contribution in [3.05, 3.63) is 90.3 Å². The number of benzene rings is 3. The predicted octanol–water partition coefficient (Wildman–Crippen LogP) is 5.29. The lowest BCUT2D eigenvalue weighted by Gasteiger charge is -2.01. The Balaban J connectivity index is 1.54. The van der Waals surface area contributed by atoms with E-state index in [9.17, 15) is 9.18 Å². The molecule has 0 unspecified atom stereocenters. The van der Waals surface area contributed by atoms with Gasteiger partial charge in [0.05, 0.1) is 5.56 Å². The lowest BCUT2D eigenvalue weighted by atomic mass is 10.2. The lowest BCUT2D eigenvalue weighted by Crippen LogP contribution is -2.07. The molecule has 0 fully saturated rings. The van der Waals surface area contributed by atoms with Crippen LogP contribution >= 0.6 is 0 Å². The standard InChI is InChI=1S/C22H15FN2O2/c23-18-9-5-4-8-17(18)22-25-19-14-16(11-12-20(19)27-22)24-21(26)13-10-15-6-2-1-3-7-15/h1-14H,(H,24,26)/b13-10+. The summed E-state index contributed by atoms with van der Waals surface area (Å²) in [4.78, 5) is 16.4. The van der Waals surface area contributed by atoms with Gasteiger partial charge in [-0.3, -0.25) is 4.79 Å². The third kappa shape index (κ3) is 3.77. The number of carbonyl (C=O) groups is 1. The first-order chi connectivity index (χ1) is 13.2. The SMILES string of the molecule is O=C(/C=C/c1ccccc1)Nc1ccc2oc(-c3ccccc3F)nc2c1. The van der Waals surface area contributed by atoms with Gasteiger partial charge in [0, 0.05) is 11.8 Å². The van der Waals surface area contributed by atoms with Crippen molar-refractivity contribution < 1.29 is 13.6 Å². The van der Waals surface area contributed by atoms with Gasteiger partial charge >= 0.3 is 0 Å². The summed E-state index contributed by atoms with van der Waals surface area (Å²) < 4.78 is 19.5. The van der Waals surface area contributed by atoms with Crippen molar-refractivity contribution in [2.24, 2.45) is 0 Å². The van der Waals surface area contributed by atoms with E-state index in [4.69, 9.17) is 4.42 Å². The summed E-state index contributed by atoms with van der Waals surface area (Å²) in [6.07, 6.45) is 3.20. The number of carbonyl (C=O) groups excluding carboxylic acids is 1. The number of amides is 1. The maximum atomic E-state index is 13.9. The highest BCUT2D eigenvalue weighted by molar-refractivity contribution is 6.02. The number of anilines is 1. The molecule has 0 bridgehead atoms. The fourth-order valence-corrected chi connectivity index (χ4v) is 2.68. The molecule has 0 aliphatic rings. The van der Waals surface area contributed by atoms with Crippen LogP contribution in [0.3, 0.4) is 0 Å². The molecule has 0 spiro atoms. The second-order valence-corrected chi connectivity index (χ2v) is 5.91. The summed E-state index contributed by atoms with van der Waals surface area (Å²) in [7, 11) is 0. The average molecular weight is 358 g/mol. The second kappa shape index (κ2) is 7.25. The zero-order chi connectivity index (χ0) is 18.6. The number of halogens is 1. The van der Waals surface area contributed by atoms with Crippen LogP contribution in [-0.2, 0) is 4.79 Å². The van der Waals surface area contributed by atoms with Gasteiger partial charge in [-0.25, -0.2) is 9.37 Å². The molecule has 0 atom stereocenters. The fourth-order valence-electron chi connectivity index (χ4n) is 2.68. The maximum absolute atomic E-state index is 13.9. The molecule has 0 aliphatic heterocycles. The molecule has 0 saturated carbocycles. The molecule has 27 heavy (non-hydrogen) atoms. The van der Waals surface area contributed by atoms with Crippen LogP contribution in [0.5, 0.6) is 0 Å². The Kier molecular flexibility index (Phi) is 4.49. The van der Waals surface area contributed by atoms with E-state index >= 15 is 0 Å². The summed E-state index contributed by atoms with van der Waals surface area (Å²) in [5.41, 5.74) is 2.88. The van der Waals surface area contributed by atoms with Gasteiger partial charge in [0.2, 0.25) is 11.8 Å². The van der Waals surface area contributed by atoms with Crippen LogP contribution < -0.4 is 5.32 Å². The normalized spacial score (nSPS) is 11.1. The highest BCUT2D eigenvalue weighted by Crippen LogP contribution is 2.27. The van der Waals surface area contributed by atoms with Crippen molar-refractivity contribution in [2.45, 2.75) is 0 Å². The van der Waals surface area contributed by atoms with Crippen molar-refractivity contribution in [3.63, 3.8) is 0 Å². The first-order valence-electron chi connectivity index (χ1n) is 8.39. The van der Waals surface area contributed by atoms with E-state index in [1.54, 1.807) is 42.5 Å². The average Bonchev–Trinajstić information content (AvgIpc) is 3.10. The molecule has 0 aliphatic carbocycles. The van der Waals surface area contributed by atoms with Gasteiger partial charge in [0.25, 0.3) is 0 Å². The summed E-state index contributed by atoms with van der Waals surface area (Å²) in [6, 6.07) is 21.0. The first-order valence-corrected chi connectivity index (χ1v) is 8.39. The molecular weight excluding hydrogens is 343 g/mol. The van der Waals surface area contributed by atoms with Crippen molar-refractivity contribution in [1.29, 1.82) is 0 Å². The molecule has 1 amide bonds. The van der Waals surface area contributed by atoms with Crippen molar-refractivity contribution in [3.8, 4) is 11.5 Å². The second-order valence-electron chi connectivity index (χ2n) is 5.91. The molecule has 4 nitrogen and oxygen atoms in total. The topological polar surface area (TPSA) is 55.1 Å². The summed E-state index contributed by atoms with van der Waals surface area (Å²) in [5.74, 6) is -0.449. The number of rotatable bonds is 4. The van der Waals surface area contributed by atoms with Gasteiger partial charge in [-0.2, -0.15) is 0 Å². The number of fused-ring (bicyclic) bond motifs is 1. The smallest absolute Gasteiger partial charge is 0.248 e. The molecule has 0 radical (unpaired) electrons. The Morgan fingerprint density at radius 2 is 1.78 bits per heavy atom. The van der Waals surface area contributed by atoms with Crippen molar-refractivity contribution >= 4 is 28.8 Å². The molecule has 5 heteroatoms. The van der Waals surface area contributed by atoms with Crippen molar-refractivity contribution in [1.82, 2.24) is 4.98 Å². The van der Waals surface area contributed by atoms with Crippen LogP contribution in [0.1, 0.15) is 5.56 Å². The van der Waals surface area contributed by atoms with E-state index in [2.05, 4.69) is 10.3 Å². The van der Waals surface area contributed by atoms with Crippen LogP contribution in [0.2, 0.25) is 0 Å². The van der Waals surface area contributed by atoms with Crippen LogP contribution in [0, 0.1) is 5.82 Å². The van der Waals surface area contributed by atoms with Crippen LogP contribution in [-0.4, -0.2) is 10.9 Å². The molecule has 3 aromatic carbocycles. The molecule has 1 N–H and O–H groups in total. The number of nitrogens with one attached hydrogen (secondary N) is 1. The van der Waals surface area contributed by atoms with Gasteiger partial charge in [-0.05, 0) is 42.0 Å². The van der Waals surface area contributed by atoms with Gasteiger partial charge < -0.3 is 9.73 Å². The van der Waals surface area contributed by atoms with Crippen LogP contribution in [0.4, 0.5) is 10.1 Å². The summed E-state index contributed by atoms with van der Waals surface area (Å²) in [6.45, 7) is 0. The highest BCUT2D eigenvalue weighted by Gasteiger charge is 2.12. The monoisotopic (exact) mass is 358 g/mol. The third-order valence-electron chi connectivity index (χ3n) is 3.99. The van der Waals surface area contributed by atoms with E-state index in [-0.39, 0.29) is 11.8 Å². The minimum Gasteiger partial charge on any atom is -0.436 e. The zero-order valence-corrected chi connectivity index (χ0v) is 14.2. The minimum atomic E-state index is -0.399. The van der Waals surface area contributed by atoms with E-state index in [0.717, 1.165) is 5.56 Å². The largest absolute Gasteiger partial charge is 0.436 e.